The molecule has 2 aromatic heterocycles. The molecular weight excluding hydrogens is 262 g/mol. The molecule has 96 valence electrons. The highest BCUT2D eigenvalue weighted by atomic mass is 35.5. The molecule has 5 heteroatoms. The third kappa shape index (κ3) is 2.48. The van der Waals surface area contributed by atoms with Crippen molar-refractivity contribution in [3.63, 3.8) is 0 Å². The van der Waals surface area contributed by atoms with Gasteiger partial charge in [-0.15, -0.1) is 0 Å². The zero-order valence-corrected chi connectivity index (χ0v) is 10.8. The maximum atomic E-state index is 5.96. The summed E-state index contributed by atoms with van der Waals surface area (Å²) in [6.07, 6.45) is 3.39. The van der Waals surface area contributed by atoms with Gasteiger partial charge in [-0.1, -0.05) is 23.7 Å². The summed E-state index contributed by atoms with van der Waals surface area (Å²) in [5.74, 6) is 0.669. The molecular formula is C14H12ClN3O. The van der Waals surface area contributed by atoms with Crippen LogP contribution in [0.25, 0.3) is 11.5 Å². The highest BCUT2D eigenvalue weighted by Gasteiger charge is 2.11. The standard InChI is InChI=1S/C14H12ClN3O/c15-11-4-1-3-10(7-11)8-18-9-12(16)14(17-18)13-5-2-6-19-13/h1-7,9H,8,16H2. The van der Waals surface area contributed by atoms with Gasteiger partial charge in [-0.05, 0) is 29.8 Å². The molecule has 2 N–H and O–H groups in total. The Bertz CT molecular complexity index is 689. The lowest BCUT2D eigenvalue weighted by Crippen LogP contribution is -2.00. The van der Waals surface area contributed by atoms with E-state index in [9.17, 15) is 0 Å². The number of aromatic nitrogens is 2. The monoisotopic (exact) mass is 273 g/mol. The van der Waals surface area contributed by atoms with Gasteiger partial charge in [0.2, 0.25) is 0 Å². The molecule has 0 bridgehead atoms. The van der Waals surface area contributed by atoms with Crippen molar-refractivity contribution in [2.45, 2.75) is 6.54 Å². The molecule has 0 atom stereocenters. The second-order valence-electron chi connectivity index (χ2n) is 4.24. The van der Waals surface area contributed by atoms with Crippen LogP contribution in [0, 0.1) is 0 Å². The number of nitrogens with zero attached hydrogens (tertiary/aromatic N) is 2. The molecule has 0 saturated heterocycles. The molecule has 3 rings (SSSR count). The van der Waals surface area contributed by atoms with E-state index >= 15 is 0 Å². The lowest BCUT2D eigenvalue weighted by molar-refractivity contribution is 0.576. The third-order valence-corrected chi connectivity index (χ3v) is 3.01. The predicted octanol–water partition coefficient (Wildman–Crippen LogP) is 3.43. The van der Waals surface area contributed by atoms with Crippen LogP contribution in [-0.2, 0) is 6.54 Å². The number of hydrogen-bond acceptors (Lipinski definition) is 3. The second-order valence-corrected chi connectivity index (χ2v) is 4.67. The van der Waals surface area contributed by atoms with E-state index in [1.807, 2.05) is 36.4 Å². The van der Waals surface area contributed by atoms with Crippen molar-refractivity contribution in [3.05, 3.63) is 59.4 Å². The van der Waals surface area contributed by atoms with Crippen LogP contribution >= 0.6 is 11.6 Å². The molecule has 3 aromatic rings. The van der Waals surface area contributed by atoms with E-state index in [-0.39, 0.29) is 0 Å². The average Bonchev–Trinajstić information content (AvgIpc) is 2.98. The summed E-state index contributed by atoms with van der Waals surface area (Å²) in [5.41, 5.74) is 8.27. The molecule has 0 aliphatic heterocycles. The quantitative estimate of drug-likeness (QED) is 0.795. The van der Waals surface area contributed by atoms with Crippen molar-refractivity contribution in [2.24, 2.45) is 0 Å². The van der Waals surface area contributed by atoms with E-state index in [1.165, 1.54) is 0 Å². The summed E-state index contributed by atoms with van der Waals surface area (Å²) in [6.45, 7) is 0.617. The largest absolute Gasteiger partial charge is 0.463 e. The highest BCUT2D eigenvalue weighted by molar-refractivity contribution is 6.30. The van der Waals surface area contributed by atoms with Gasteiger partial charge in [-0.3, -0.25) is 4.68 Å². The van der Waals surface area contributed by atoms with Gasteiger partial charge in [0, 0.05) is 11.2 Å². The van der Waals surface area contributed by atoms with Gasteiger partial charge in [0.1, 0.15) is 0 Å². The molecule has 2 heterocycles. The number of anilines is 1. The number of nitrogen functional groups attached to an aromatic ring is 1. The number of nitrogens with two attached hydrogens (primary N) is 1. The second kappa shape index (κ2) is 4.82. The Labute approximate surface area is 115 Å². The zero-order valence-electron chi connectivity index (χ0n) is 10.1. The summed E-state index contributed by atoms with van der Waals surface area (Å²) >= 11 is 5.96. The summed E-state index contributed by atoms with van der Waals surface area (Å²) in [4.78, 5) is 0. The van der Waals surface area contributed by atoms with Crippen LogP contribution in [0.5, 0.6) is 0 Å². The smallest absolute Gasteiger partial charge is 0.156 e. The zero-order chi connectivity index (χ0) is 13.2. The molecule has 1 aromatic carbocycles. The Morgan fingerprint density at radius 3 is 2.89 bits per heavy atom. The van der Waals surface area contributed by atoms with Gasteiger partial charge >= 0.3 is 0 Å². The van der Waals surface area contributed by atoms with E-state index < -0.39 is 0 Å². The highest BCUT2D eigenvalue weighted by Crippen LogP contribution is 2.24. The van der Waals surface area contributed by atoms with Crippen LogP contribution in [0.2, 0.25) is 5.02 Å². The first kappa shape index (κ1) is 11.9. The molecule has 0 radical (unpaired) electrons. The summed E-state index contributed by atoms with van der Waals surface area (Å²) in [6, 6.07) is 11.3. The minimum absolute atomic E-state index is 0.594. The van der Waals surface area contributed by atoms with E-state index in [2.05, 4.69) is 5.10 Å². The first-order chi connectivity index (χ1) is 9.22. The van der Waals surface area contributed by atoms with Gasteiger partial charge in [0.25, 0.3) is 0 Å². The minimum Gasteiger partial charge on any atom is -0.463 e. The number of rotatable bonds is 3. The van der Waals surface area contributed by atoms with E-state index in [4.69, 9.17) is 21.8 Å². The van der Waals surface area contributed by atoms with E-state index in [1.54, 1.807) is 17.1 Å². The van der Waals surface area contributed by atoms with Crippen molar-refractivity contribution in [1.82, 2.24) is 9.78 Å². The lowest BCUT2D eigenvalue weighted by atomic mass is 10.2. The molecule has 0 fully saturated rings. The van der Waals surface area contributed by atoms with Gasteiger partial charge in [0.05, 0.1) is 18.5 Å². The van der Waals surface area contributed by atoms with Crippen LogP contribution in [0.4, 0.5) is 5.69 Å². The fraction of sp³-hybridized carbons (Fsp3) is 0.0714. The van der Waals surface area contributed by atoms with Crippen LogP contribution in [0.3, 0.4) is 0 Å². The first-order valence-electron chi connectivity index (χ1n) is 5.83. The van der Waals surface area contributed by atoms with Gasteiger partial charge in [0.15, 0.2) is 11.5 Å². The van der Waals surface area contributed by atoms with Crippen LogP contribution < -0.4 is 5.73 Å². The SMILES string of the molecule is Nc1cn(Cc2cccc(Cl)c2)nc1-c1ccco1. The molecule has 0 aliphatic carbocycles. The van der Waals surface area contributed by atoms with E-state index in [0.29, 0.717) is 28.7 Å². The van der Waals surface area contributed by atoms with Crippen molar-refractivity contribution in [3.8, 4) is 11.5 Å². The molecule has 0 unspecified atom stereocenters. The fourth-order valence-electron chi connectivity index (χ4n) is 1.94. The third-order valence-electron chi connectivity index (χ3n) is 2.78. The number of halogens is 1. The molecule has 0 aliphatic rings. The summed E-state index contributed by atoms with van der Waals surface area (Å²) in [5, 5.41) is 5.14. The van der Waals surface area contributed by atoms with Crippen molar-refractivity contribution in [2.75, 3.05) is 5.73 Å². The average molecular weight is 274 g/mol. The molecule has 0 saturated carbocycles. The topological polar surface area (TPSA) is 57.0 Å². The van der Waals surface area contributed by atoms with Crippen LogP contribution in [0.15, 0.2) is 53.3 Å². The van der Waals surface area contributed by atoms with Crippen molar-refractivity contribution in [1.29, 1.82) is 0 Å². The number of furan rings is 1. The number of hydrogen-bond donors (Lipinski definition) is 1. The van der Waals surface area contributed by atoms with Gasteiger partial charge in [-0.25, -0.2) is 0 Å². The Morgan fingerprint density at radius 1 is 1.26 bits per heavy atom. The molecule has 19 heavy (non-hydrogen) atoms. The Morgan fingerprint density at radius 2 is 2.16 bits per heavy atom. The minimum atomic E-state index is 0.594. The molecule has 0 amide bonds. The number of benzene rings is 1. The van der Waals surface area contributed by atoms with Crippen molar-refractivity contribution >= 4 is 17.3 Å². The normalized spacial score (nSPS) is 10.8. The Balaban J connectivity index is 1.89. The van der Waals surface area contributed by atoms with Crippen LogP contribution in [0.1, 0.15) is 5.56 Å². The lowest BCUT2D eigenvalue weighted by Gasteiger charge is -2.01. The van der Waals surface area contributed by atoms with Gasteiger partial charge < -0.3 is 10.2 Å². The fourth-order valence-corrected chi connectivity index (χ4v) is 2.16. The summed E-state index contributed by atoms with van der Waals surface area (Å²) < 4.78 is 7.08. The molecule has 4 nitrogen and oxygen atoms in total. The maximum absolute atomic E-state index is 5.96. The first-order valence-corrected chi connectivity index (χ1v) is 6.21. The molecule has 0 spiro atoms. The summed E-state index contributed by atoms with van der Waals surface area (Å²) in [7, 11) is 0. The van der Waals surface area contributed by atoms with Crippen LogP contribution in [-0.4, -0.2) is 9.78 Å². The van der Waals surface area contributed by atoms with E-state index in [0.717, 1.165) is 5.56 Å². The predicted molar refractivity (Wildman–Crippen MR) is 74.9 cm³/mol. The Hall–Kier alpha value is -2.20. The Kier molecular flexibility index (Phi) is 3.01. The van der Waals surface area contributed by atoms with Crippen molar-refractivity contribution < 1.29 is 4.42 Å². The van der Waals surface area contributed by atoms with Gasteiger partial charge in [-0.2, -0.15) is 5.10 Å². The maximum Gasteiger partial charge on any atom is 0.156 e.